The van der Waals surface area contributed by atoms with E-state index in [2.05, 4.69) is 39.8 Å². The van der Waals surface area contributed by atoms with Crippen LogP contribution in [0, 0.1) is 0 Å². The van der Waals surface area contributed by atoms with Crippen molar-refractivity contribution >= 4 is 31.7 Å². The van der Waals surface area contributed by atoms with Gasteiger partial charge < -0.3 is 88.7 Å². The minimum absolute atomic E-state index is 0.0183. The number of hydrogen-bond donors (Lipinski definition) is 10. The third-order valence-corrected chi connectivity index (χ3v) is 24.3. The number of ether oxygens (including phenoxy) is 8. The van der Waals surface area contributed by atoms with E-state index in [1.165, 1.54) is 186 Å². The highest BCUT2D eigenvalue weighted by Gasteiger charge is 2.60. The number of aliphatic hydroxyl groups excluding tert-OH is 9. The van der Waals surface area contributed by atoms with Gasteiger partial charge >= 0.3 is 31.7 Å². The highest BCUT2D eigenvalue weighted by molar-refractivity contribution is 7.47. The molecular formula is C91H169O25P. The Morgan fingerprint density at radius 1 is 0.333 bits per heavy atom. The van der Waals surface area contributed by atoms with Crippen molar-refractivity contribution in [3.63, 3.8) is 0 Å². The predicted molar refractivity (Wildman–Crippen MR) is 453 cm³/mol. The third kappa shape index (κ3) is 50.7. The van der Waals surface area contributed by atoms with Gasteiger partial charge in [0.1, 0.15) is 92.6 Å². The molecule has 117 heavy (non-hydrogen) atoms. The highest BCUT2D eigenvalue weighted by Crippen LogP contribution is 2.49. The molecule has 1 aliphatic carbocycles. The number of rotatable bonds is 77. The van der Waals surface area contributed by atoms with Crippen LogP contribution in [-0.2, 0) is 70.7 Å². The number of hydrogen-bond acceptors (Lipinski definition) is 24. The Hall–Kier alpha value is -2.79. The summed E-state index contributed by atoms with van der Waals surface area (Å²) in [6, 6.07) is 0. The zero-order valence-corrected chi connectivity index (χ0v) is 74.2. The van der Waals surface area contributed by atoms with Crippen molar-refractivity contribution in [2.24, 2.45) is 0 Å². The molecule has 18 atom stereocenters. The highest BCUT2D eigenvalue weighted by atomic mass is 31.2. The summed E-state index contributed by atoms with van der Waals surface area (Å²) >= 11 is 0. The molecule has 688 valence electrons. The van der Waals surface area contributed by atoms with Crippen LogP contribution in [0.15, 0.2) is 12.2 Å². The van der Waals surface area contributed by atoms with Gasteiger partial charge in [-0.2, -0.15) is 0 Å². The molecule has 0 bridgehead atoms. The van der Waals surface area contributed by atoms with E-state index in [9.17, 15) is 74.6 Å². The van der Waals surface area contributed by atoms with Crippen LogP contribution in [-0.4, -0.2) is 205 Å². The van der Waals surface area contributed by atoms with Crippen molar-refractivity contribution in [2.75, 3.05) is 26.4 Å². The van der Waals surface area contributed by atoms with E-state index in [-0.39, 0.29) is 25.7 Å². The van der Waals surface area contributed by atoms with Gasteiger partial charge in [-0.05, 0) is 51.4 Å². The molecule has 2 heterocycles. The molecule has 26 heteroatoms. The Morgan fingerprint density at radius 2 is 0.641 bits per heavy atom. The smallest absolute Gasteiger partial charge is 0.463 e. The molecule has 3 fully saturated rings. The molecule has 0 aromatic rings. The first-order valence-electron chi connectivity index (χ1n) is 47.4. The van der Waals surface area contributed by atoms with Crippen LogP contribution in [0.5, 0.6) is 0 Å². The Morgan fingerprint density at radius 3 is 1.03 bits per heavy atom. The van der Waals surface area contributed by atoms with Crippen LogP contribution in [0.4, 0.5) is 0 Å². The van der Waals surface area contributed by atoms with Gasteiger partial charge in [0.25, 0.3) is 0 Å². The van der Waals surface area contributed by atoms with Crippen molar-refractivity contribution in [3.8, 4) is 0 Å². The van der Waals surface area contributed by atoms with Gasteiger partial charge in [-0.15, -0.1) is 0 Å². The van der Waals surface area contributed by atoms with Crippen molar-refractivity contribution in [3.05, 3.63) is 12.2 Å². The molecule has 3 aliphatic rings. The first kappa shape index (κ1) is 108. The largest absolute Gasteiger partial charge is 0.472 e. The summed E-state index contributed by atoms with van der Waals surface area (Å²) in [6.07, 6.45) is 29.1. The molecule has 25 nitrogen and oxygen atoms in total. The number of carbonyl (C=O) groups excluding carboxylic acids is 4. The van der Waals surface area contributed by atoms with E-state index < -0.39 is 162 Å². The third-order valence-electron chi connectivity index (χ3n) is 23.3. The molecule has 2 aliphatic heterocycles. The summed E-state index contributed by atoms with van der Waals surface area (Å²) in [5.74, 6) is -2.95. The molecule has 0 spiro atoms. The van der Waals surface area contributed by atoms with Gasteiger partial charge in [-0.1, -0.05) is 348 Å². The average molecular weight is 1690 g/mol. The second-order valence-electron chi connectivity index (χ2n) is 33.9. The summed E-state index contributed by atoms with van der Waals surface area (Å²) in [6.45, 7) is 5.61. The fourth-order valence-corrected chi connectivity index (χ4v) is 16.7. The first-order chi connectivity index (χ1) is 56.7. The Labute approximate surface area is 705 Å². The minimum Gasteiger partial charge on any atom is -0.463 e. The maximum Gasteiger partial charge on any atom is 0.472 e. The number of unbranched alkanes of at least 4 members (excludes halogenated alkanes) is 51. The van der Waals surface area contributed by atoms with Crippen molar-refractivity contribution in [1.82, 2.24) is 0 Å². The Kier molecular flexibility index (Phi) is 65.3. The molecule has 18 unspecified atom stereocenters. The fourth-order valence-electron chi connectivity index (χ4n) is 15.7. The lowest BCUT2D eigenvalue weighted by molar-refractivity contribution is -0.360. The maximum absolute atomic E-state index is 14.9. The molecular weight excluding hydrogens is 1520 g/mol. The summed E-state index contributed by atoms with van der Waals surface area (Å²) in [4.78, 5) is 66.5. The van der Waals surface area contributed by atoms with Gasteiger partial charge in [0.05, 0.1) is 13.2 Å². The lowest BCUT2D eigenvalue weighted by atomic mass is 9.84. The topological polar surface area (TPSA) is 380 Å². The standard InChI is InChI=1S/C91H169O25P/c1-5-9-13-17-21-25-29-33-36-40-44-48-52-56-60-64-75(94)108-70-73-79(98)81(100)85(104)91(112-73)115-88-86(113-77(96)66-62-58-54-50-46-42-38-35-31-27-23-19-15-11-7-3)82(101)83(102)87(114-90-84(103)80(99)78(97)72(67-92)111-90)89(88)116-117(105,106)109-69-71(68-107-74(93)63-59-55-51-47-43-39-32-28-24-20-16-12-8-4)110-76(95)65-61-57-53-49-45-41-37-34-30-26-22-18-14-10-6-2/h27,31,71-73,78-92,97-104H,5-26,28-30,32-70H2,1-4H3,(H,105,106)/b31-27-. The SMILES string of the molecule is CCCCCC/C=C\CCCCCCCCCC(=O)OC1C(O)C(O)C(OC2OC(CO)C(O)C(O)C2O)C(OP(=O)(O)OCC(COC(=O)CCCCCCCCCCCCCCC)OC(=O)CCCCCCCCCCCCCCCCC)C1OC1OC(COC(=O)CCCCCCCCCCCCCCCCC)C(O)C(O)C1O. The van der Waals surface area contributed by atoms with E-state index in [0.29, 0.717) is 32.1 Å². The molecule has 10 N–H and O–H groups in total. The predicted octanol–water partition coefficient (Wildman–Crippen LogP) is 17.6. The summed E-state index contributed by atoms with van der Waals surface area (Å²) < 4.78 is 73.4. The van der Waals surface area contributed by atoms with E-state index in [1.807, 2.05) is 0 Å². The van der Waals surface area contributed by atoms with Gasteiger partial charge in [0.15, 0.2) is 24.8 Å². The number of aliphatic hydroxyl groups is 9. The van der Waals surface area contributed by atoms with Crippen LogP contribution < -0.4 is 0 Å². The molecule has 0 amide bonds. The van der Waals surface area contributed by atoms with Crippen LogP contribution in [0.3, 0.4) is 0 Å². The van der Waals surface area contributed by atoms with Crippen molar-refractivity contribution in [2.45, 2.75) is 517 Å². The monoisotopic (exact) mass is 1690 g/mol. The van der Waals surface area contributed by atoms with Crippen molar-refractivity contribution in [1.29, 1.82) is 0 Å². The molecule has 0 aromatic carbocycles. The number of phosphoric ester groups is 1. The maximum atomic E-state index is 14.9. The average Bonchev–Trinajstić information content (AvgIpc) is 0.754. The van der Waals surface area contributed by atoms with E-state index >= 15 is 0 Å². The quantitative estimate of drug-likeness (QED) is 0.00889. The van der Waals surface area contributed by atoms with Crippen molar-refractivity contribution < 1.29 is 122 Å². The lowest BCUT2D eigenvalue weighted by Crippen LogP contribution is -2.70. The van der Waals surface area contributed by atoms with Crippen LogP contribution in [0.2, 0.25) is 0 Å². The van der Waals surface area contributed by atoms with Gasteiger partial charge in [0.2, 0.25) is 0 Å². The lowest BCUT2D eigenvalue weighted by Gasteiger charge is -2.50. The van der Waals surface area contributed by atoms with Crippen LogP contribution in [0.1, 0.15) is 413 Å². The second kappa shape index (κ2) is 70.5. The van der Waals surface area contributed by atoms with Gasteiger partial charge in [-0.3, -0.25) is 28.2 Å². The first-order valence-corrected chi connectivity index (χ1v) is 48.9. The fraction of sp³-hybridized carbons (Fsp3) is 0.934. The molecule has 0 radical (unpaired) electrons. The molecule has 2 saturated heterocycles. The van der Waals surface area contributed by atoms with E-state index in [1.54, 1.807) is 0 Å². The zero-order valence-electron chi connectivity index (χ0n) is 73.3. The van der Waals surface area contributed by atoms with Crippen LogP contribution >= 0.6 is 7.82 Å². The molecule has 1 saturated carbocycles. The van der Waals surface area contributed by atoms with Gasteiger partial charge in [-0.25, -0.2) is 4.57 Å². The number of phosphoric acid groups is 1. The zero-order chi connectivity index (χ0) is 85.4. The molecule has 3 rings (SSSR count). The number of esters is 4. The number of allylic oxidation sites excluding steroid dienone is 2. The Bertz CT molecular complexity index is 2480. The summed E-state index contributed by atoms with van der Waals surface area (Å²) in [7, 11) is -5.80. The normalized spacial score (nSPS) is 25.0. The number of carbonyl (C=O) groups is 4. The van der Waals surface area contributed by atoms with Crippen LogP contribution in [0.25, 0.3) is 0 Å². The van der Waals surface area contributed by atoms with Gasteiger partial charge in [0, 0.05) is 25.7 Å². The summed E-state index contributed by atoms with van der Waals surface area (Å²) in [5.41, 5.74) is 0. The van der Waals surface area contributed by atoms with E-state index in [0.717, 1.165) is 141 Å². The summed E-state index contributed by atoms with van der Waals surface area (Å²) in [5, 5.41) is 102. The minimum atomic E-state index is -5.80. The molecule has 0 aromatic heterocycles. The van der Waals surface area contributed by atoms with E-state index in [4.69, 9.17) is 46.9 Å². The second-order valence-corrected chi connectivity index (χ2v) is 35.3. The Balaban J connectivity index is 1.91.